The number of ether oxygens (including phenoxy) is 1. The standard InChI is InChI=1S/C8H12N4O2/c1-14-8(13)7-5-12(11-10-7)6-2-3-9-4-6/h5-6,9H,2-4H2,1H3/t6-/m0/s1. The van der Waals surface area contributed by atoms with Crippen molar-refractivity contribution in [3.8, 4) is 0 Å². The minimum absolute atomic E-state index is 0.263. The van der Waals surface area contributed by atoms with Gasteiger partial charge in [-0.15, -0.1) is 5.10 Å². The molecule has 1 aromatic rings. The highest BCUT2D eigenvalue weighted by atomic mass is 16.5. The van der Waals surface area contributed by atoms with Crippen LogP contribution < -0.4 is 5.32 Å². The Morgan fingerprint density at radius 1 is 1.79 bits per heavy atom. The molecule has 0 unspecified atom stereocenters. The Morgan fingerprint density at radius 3 is 3.29 bits per heavy atom. The Morgan fingerprint density at radius 2 is 2.64 bits per heavy atom. The van der Waals surface area contributed by atoms with Gasteiger partial charge in [0.2, 0.25) is 0 Å². The molecule has 1 aromatic heterocycles. The first-order chi connectivity index (χ1) is 6.81. The number of hydrogen-bond acceptors (Lipinski definition) is 5. The molecule has 0 aromatic carbocycles. The topological polar surface area (TPSA) is 69.0 Å². The molecule has 1 atom stereocenters. The van der Waals surface area contributed by atoms with Crippen LogP contribution in [0.1, 0.15) is 23.0 Å². The molecule has 1 N–H and O–H groups in total. The van der Waals surface area contributed by atoms with Crippen molar-refractivity contribution in [2.24, 2.45) is 0 Å². The van der Waals surface area contributed by atoms with E-state index in [2.05, 4.69) is 20.4 Å². The maximum absolute atomic E-state index is 11.1. The van der Waals surface area contributed by atoms with Crippen LogP contribution >= 0.6 is 0 Å². The molecule has 1 aliphatic heterocycles. The average molecular weight is 196 g/mol. The molecule has 0 bridgehead atoms. The number of aromatic nitrogens is 3. The van der Waals surface area contributed by atoms with Gasteiger partial charge in [-0.05, 0) is 13.0 Å². The van der Waals surface area contributed by atoms with Crippen molar-refractivity contribution >= 4 is 5.97 Å². The number of nitrogens with zero attached hydrogens (tertiary/aromatic N) is 3. The van der Waals surface area contributed by atoms with Crippen LogP contribution in [0, 0.1) is 0 Å². The first-order valence-electron chi connectivity index (χ1n) is 4.52. The van der Waals surface area contributed by atoms with Gasteiger partial charge in [0, 0.05) is 6.54 Å². The smallest absolute Gasteiger partial charge is 0.360 e. The van der Waals surface area contributed by atoms with Crippen molar-refractivity contribution in [2.45, 2.75) is 12.5 Å². The summed E-state index contributed by atoms with van der Waals surface area (Å²) in [4.78, 5) is 11.1. The molecular formula is C8H12N4O2. The van der Waals surface area contributed by atoms with E-state index in [1.807, 2.05) is 0 Å². The van der Waals surface area contributed by atoms with Crippen molar-refractivity contribution in [2.75, 3.05) is 20.2 Å². The Labute approximate surface area is 81.2 Å². The summed E-state index contributed by atoms with van der Waals surface area (Å²) >= 11 is 0. The second-order valence-electron chi connectivity index (χ2n) is 3.22. The van der Waals surface area contributed by atoms with Gasteiger partial charge in [0.1, 0.15) is 0 Å². The van der Waals surface area contributed by atoms with E-state index in [1.54, 1.807) is 10.9 Å². The lowest BCUT2D eigenvalue weighted by Gasteiger charge is -2.05. The molecule has 1 aliphatic rings. The van der Waals surface area contributed by atoms with E-state index in [4.69, 9.17) is 0 Å². The fraction of sp³-hybridized carbons (Fsp3) is 0.625. The highest BCUT2D eigenvalue weighted by Crippen LogP contribution is 2.13. The maximum Gasteiger partial charge on any atom is 0.360 e. The Hall–Kier alpha value is -1.43. The summed E-state index contributed by atoms with van der Waals surface area (Å²) in [6, 6.07) is 0.306. The molecule has 6 heteroatoms. The zero-order chi connectivity index (χ0) is 9.97. The summed E-state index contributed by atoms with van der Waals surface area (Å²) in [6.07, 6.45) is 2.65. The highest BCUT2D eigenvalue weighted by molar-refractivity contribution is 5.86. The predicted molar refractivity (Wildman–Crippen MR) is 47.9 cm³/mol. The predicted octanol–water partition coefficient (Wildman–Crippen LogP) is -0.401. The largest absolute Gasteiger partial charge is 0.464 e. The maximum atomic E-state index is 11.1. The number of carbonyl (C=O) groups excluding carboxylic acids is 1. The number of hydrogen-bond donors (Lipinski definition) is 1. The van der Waals surface area contributed by atoms with Gasteiger partial charge in [0.05, 0.1) is 19.3 Å². The van der Waals surface area contributed by atoms with Gasteiger partial charge in [0.15, 0.2) is 5.69 Å². The third-order valence-corrected chi connectivity index (χ3v) is 2.31. The van der Waals surface area contributed by atoms with E-state index in [-0.39, 0.29) is 5.69 Å². The van der Waals surface area contributed by atoms with Crippen LogP contribution in [0.2, 0.25) is 0 Å². The van der Waals surface area contributed by atoms with Crippen molar-refractivity contribution in [1.82, 2.24) is 20.3 Å². The number of carbonyl (C=O) groups is 1. The SMILES string of the molecule is COC(=O)c1cn([C@H]2CCNC2)nn1. The minimum atomic E-state index is -0.442. The molecule has 1 saturated heterocycles. The molecule has 1 fully saturated rings. The quantitative estimate of drug-likeness (QED) is 0.652. The number of esters is 1. The lowest BCUT2D eigenvalue weighted by molar-refractivity contribution is 0.0594. The first-order valence-corrected chi connectivity index (χ1v) is 4.52. The van der Waals surface area contributed by atoms with E-state index in [9.17, 15) is 4.79 Å². The van der Waals surface area contributed by atoms with Crippen LogP contribution in [-0.4, -0.2) is 41.2 Å². The molecule has 2 rings (SSSR count). The van der Waals surface area contributed by atoms with Crippen molar-refractivity contribution < 1.29 is 9.53 Å². The lowest BCUT2D eigenvalue weighted by Crippen LogP contribution is -2.13. The molecule has 2 heterocycles. The Kier molecular flexibility index (Phi) is 2.45. The van der Waals surface area contributed by atoms with E-state index < -0.39 is 5.97 Å². The third-order valence-electron chi connectivity index (χ3n) is 2.31. The lowest BCUT2D eigenvalue weighted by atomic mass is 10.3. The van der Waals surface area contributed by atoms with E-state index in [0.29, 0.717) is 6.04 Å². The summed E-state index contributed by atoms with van der Waals surface area (Å²) in [6.45, 7) is 1.86. The van der Waals surface area contributed by atoms with Gasteiger partial charge in [-0.2, -0.15) is 0 Å². The summed E-state index contributed by atoms with van der Waals surface area (Å²) in [5.41, 5.74) is 0.263. The molecule has 0 spiro atoms. The van der Waals surface area contributed by atoms with Gasteiger partial charge in [-0.25, -0.2) is 9.48 Å². The number of rotatable bonds is 2. The Balaban J connectivity index is 2.12. The monoisotopic (exact) mass is 196 g/mol. The zero-order valence-electron chi connectivity index (χ0n) is 7.93. The Bertz CT molecular complexity index is 330. The van der Waals surface area contributed by atoms with E-state index in [1.165, 1.54) is 7.11 Å². The van der Waals surface area contributed by atoms with Gasteiger partial charge < -0.3 is 10.1 Å². The van der Waals surface area contributed by atoms with Gasteiger partial charge in [-0.1, -0.05) is 5.21 Å². The fourth-order valence-electron chi connectivity index (χ4n) is 1.52. The van der Waals surface area contributed by atoms with Crippen LogP contribution in [0.4, 0.5) is 0 Å². The highest BCUT2D eigenvalue weighted by Gasteiger charge is 2.19. The second-order valence-corrected chi connectivity index (χ2v) is 3.22. The van der Waals surface area contributed by atoms with Crippen LogP contribution in [0.3, 0.4) is 0 Å². The zero-order valence-corrected chi connectivity index (χ0v) is 7.93. The van der Waals surface area contributed by atoms with Gasteiger partial charge in [-0.3, -0.25) is 0 Å². The summed E-state index contributed by atoms with van der Waals surface area (Å²) in [7, 11) is 1.33. The molecule has 0 radical (unpaired) electrons. The van der Waals surface area contributed by atoms with Crippen LogP contribution in [0.15, 0.2) is 6.20 Å². The fourth-order valence-corrected chi connectivity index (χ4v) is 1.52. The summed E-state index contributed by atoms with van der Waals surface area (Å²) in [5.74, 6) is -0.442. The molecular weight excluding hydrogens is 184 g/mol. The van der Waals surface area contributed by atoms with Gasteiger partial charge >= 0.3 is 5.97 Å². The third kappa shape index (κ3) is 1.60. The van der Waals surface area contributed by atoms with Crippen molar-refractivity contribution in [1.29, 1.82) is 0 Å². The summed E-state index contributed by atoms with van der Waals surface area (Å²) < 4.78 is 6.26. The molecule has 14 heavy (non-hydrogen) atoms. The second kappa shape index (κ2) is 3.75. The van der Waals surface area contributed by atoms with Crippen molar-refractivity contribution in [3.63, 3.8) is 0 Å². The van der Waals surface area contributed by atoms with Crippen LogP contribution in [-0.2, 0) is 4.74 Å². The average Bonchev–Trinajstić information content (AvgIpc) is 2.86. The normalized spacial score (nSPS) is 21.1. The molecule has 76 valence electrons. The molecule has 0 saturated carbocycles. The van der Waals surface area contributed by atoms with Crippen LogP contribution in [0.5, 0.6) is 0 Å². The minimum Gasteiger partial charge on any atom is -0.464 e. The number of methoxy groups -OCH3 is 1. The molecule has 0 aliphatic carbocycles. The molecule has 6 nitrogen and oxygen atoms in total. The molecule has 0 amide bonds. The van der Waals surface area contributed by atoms with Crippen LogP contribution in [0.25, 0.3) is 0 Å². The van der Waals surface area contributed by atoms with Gasteiger partial charge in [0.25, 0.3) is 0 Å². The van der Waals surface area contributed by atoms with E-state index >= 15 is 0 Å². The van der Waals surface area contributed by atoms with E-state index in [0.717, 1.165) is 19.5 Å². The summed E-state index contributed by atoms with van der Waals surface area (Å²) in [5, 5.41) is 10.9. The first kappa shape index (κ1) is 9.14. The van der Waals surface area contributed by atoms with Crippen molar-refractivity contribution in [3.05, 3.63) is 11.9 Å². The number of nitrogens with one attached hydrogen (secondary N) is 1.